The van der Waals surface area contributed by atoms with Gasteiger partial charge in [-0.1, -0.05) is 71.9 Å². The molecule has 7 aromatic rings. The molecule has 0 radical (unpaired) electrons. The molecule has 0 fully saturated rings. The molecule has 7 rings (SSSR count). The van der Waals surface area contributed by atoms with Crippen molar-refractivity contribution in [2.45, 2.75) is 52.4 Å². The second kappa shape index (κ2) is 9.95. The summed E-state index contributed by atoms with van der Waals surface area (Å²) in [7, 11) is 0. The number of pyridine rings is 2. The SMILES string of the molecule is CC(C)(C)c1ccc(O)c(-c2cccc(Oc3ccc4c(n3)n(-c3ccccn3)c3nc5ccc(C(C)(C)C)cc5n43)c2)c1. The van der Waals surface area contributed by atoms with Crippen LogP contribution in [0.5, 0.6) is 17.4 Å². The van der Waals surface area contributed by atoms with Crippen molar-refractivity contribution in [2.75, 3.05) is 0 Å². The Bertz CT molecular complexity index is 2180. The number of ether oxygens (including phenoxy) is 1. The minimum Gasteiger partial charge on any atom is -0.507 e. The molecule has 0 aliphatic rings. The molecule has 7 nitrogen and oxygen atoms in total. The van der Waals surface area contributed by atoms with Gasteiger partial charge in [-0.3, -0.25) is 4.40 Å². The number of hydrogen-bond acceptors (Lipinski definition) is 5. The minimum absolute atomic E-state index is 0.00362. The summed E-state index contributed by atoms with van der Waals surface area (Å²) in [6.07, 6.45) is 1.77. The molecule has 220 valence electrons. The summed E-state index contributed by atoms with van der Waals surface area (Å²) < 4.78 is 10.5. The Morgan fingerprint density at radius 1 is 0.705 bits per heavy atom. The van der Waals surface area contributed by atoms with Gasteiger partial charge >= 0.3 is 0 Å². The summed E-state index contributed by atoms with van der Waals surface area (Å²) >= 11 is 0. The minimum atomic E-state index is -0.0438. The van der Waals surface area contributed by atoms with Crippen molar-refractivity contribution in [3.63, 3.8) is 0 Å². The van der Waals surface area contributed by atoms with E-state index in [4.69, 9.17) is 14.7 Å². The number of aromatic hydroxyl groups is 1. The first-order valence-electron chi connectivity index (χ1n) is 14.8. The van der Waals surface area contributed by atoms with Gasteiger partial charge in [0.15, 0.2) is 5.65 Å². The van der Waals surface area contributed by atoms with E-state index in [9.17, 15) is 5.11 Å². The maximum absolute atomic E-state index is 10.7. The lowest BCUT2D eigenvalue weighted by Crippen LogP contribution is -2.10. The van der Waals surface area contributed by atoms with Gasteiger partial charge in [0, 0.05) is 17.8 Å². The van der Waals surface area contributed by atoms with E-state index >= 15 is 0 Å². The van der Waals surface area contributed by atoms with Crippen LogP contribution in [0.25, 0.3) is 44.9 Å². The van der Waals surface area contributed by atoms with Crippen LogP contribution in [0.4, 0.5) is 0 Å². The third-order valence-corrected chi connectivity index (χ3v) is 8.09. The average molecular weight is 582 g/mol. The van der Waals surface area contributed by atoms with Crippen molar-refractivity contribution in [1.29, 1.82) is 0 Å². The fourth-order valence-electron chi connectivity index (χ4n) is 5.61. The number of fused-ring (bicyclic) bond motifs is 5. The topological polar surface area (TPSA) is 77.5 Å². The van der Waals surface area contributed by atoms with E-state index < -0.39 is 0 Å². The Balaban J connectivity index is 1.35. The van der Waals surface area contributed by atoms with Gasteiger partial charge < -0.3 is 9.84 Å². The van der Waals surface area contributed by atoms with E-state index in [1.807, 2.05) is 71.3 Å². The molecule has 0 aliphatic carbocycles. The fourth-order valence-corrected chi connectivity index (χ4v) is 5.61. The summed E-state index contributed by atoms with van der Waals surface area (Å²) in [6, 6.07) is 29.7. The highest BCUT2D eigenvalue weighted by atomic mass is 16.5. The molecule has 0 atom stereocenters. The first kappa shape index (κ1) is 27.7. The van der Waals surface area contributed by atoms with E-state index in [2.05, 4.69) is 69.1 Å². The smallest absolute Gasteiger partial charge is 0.223 e. The molecule has 4 heterocycles. The Kier molecular flexibility index (Phi) is 6.25. The highest BCUT2D eigenvalue weighted by molar-refractivity contribution is 5.91. The monoisotopic (exact) mass is 581 g/mol. The lowest BCUT2D eigenvalue weighted by molar-refractivity contribution is 0.464. The maximum Gasteiger partial charge on any atom is 0.223 e. The van der Waals surface area contributed by atoms with Crippen molar-refractivity contribution in [3.8, 4) is 34.3 Å². The molecule has 0 aliphatic heterocycles. The quantitative estimate of drug-likeness (QED) is 0.224. The molecule has 0 unspecified atom stereocenters. The number of rotatable bonds is 4. The number of aromatic nitrogens is 5. The van der Waals surface area contributed by atoms with Gasteiger partial charge in [0.25, 0.3) is 0 Å². The summed E-state index contributed by atoms with van der Waals surface area (Å²) in [4.78, 5) is 14.7. The second-order valence-electron chi connectivity index (χ2n) is 13.3. The zero-order valence-electron chi connectivity index (χ0n) is 25.8. The fraction of sp³-hybridized carbons (Fsp3) is 0.216. The number of phenols is 1. The number of imidazole rings is 2. The van der Waals surface area contributed by atoms with E-state index in [1.54, 1.807) is 12.3 Å². The molecule has 4 aromatic heterocycles. The van der Waals surface area contributed by atoms with Crippen LogP contribution in [-0.2, 0) is 10.8 Å². The number of nitrogens with zero attached hydrogens (tertiary/aromatic N) is 5. The molecule has 44 heavy (non-hydrogen) atoms. The van der Waals surface area contributed by atoms with Gasteiger partial charge in [-0.15, -0.1) is 0 Å². The Labute approximate surface area is 256 Å². The largest absolute Gasteiger partial charge is 0.507 e. The second-order valence-corrected chi connectivity index (χ2v) is 13.3. The highest BCUT2D eigenvalue weighted by Gasteiger charge is 2.22. The predicted octanol–water partition coefficient (Wildman–Crippen LogP) is 8.98. The molecule has 1 N–H and O–H groups in total. The van der Waals surface area contributed by atoms with E-state index in [0.29, 0.717) is 17.3 Å². The van der Waals surface area contributed by atoms with Crippen LogP contribution < -0.4 is 4.74 Å². The molecule has 3 aromatic carbocycles. The highest BCUT2D eigenvalue weighted by Crippen LogP contribution is 2.37. The Hall–Kier alpha value is -5.17. The number of phenolic OH excluding ortho intramolecular Hbond substituents is 1. The summed E-state index contributed by atoms with van der Waals surface area (Å²) in [5.41, 5.74) is 7.49. The van der Waals surface area contributed by atoms with Gasteiger partial charge in [-0.05, 0) is 82.1 Å². The number of benzene rings is 3. The molecular formula is C37H35N5O2. The van der Waals surface area contributed by atoms with Crippen molar-refractivity contribution in [2.24, 2.45) is 0 Å². The zero-order chi connectivity index (χ0) is 30.8. The van der Waals surface area contributed by atoms with Gasteiger partial charge in [0.1, 0.15) is 17.3 Å². The van der Waals surface area contributed by atoms with Crippen LogP contribution in [0.2, 0.25) is 0 Å². The van der Waals surface area contributed by atoms with Crippen LogP contribution in [0.1, 0.15) is 52.7 Å². The first-order chi connectivity index (χ1) is 21.0. The van der Waals surface area contributed by atoms with Gasteiger partial charge in [-0.2, -0.15) is 4.98 Å². The molecule has 0 amide bonds. The Morgan fingerprint density at radius 3 is 2.23 bits per heavy atom. The molecular weight excluding hydrogens is 546 g/mol. The predicted molar refractivity (Wildman–Crippen MR) is 176 cm³/mol. The first-order valence-corrected chi connectivity index (χ1v) is 14.8. The maximum atomic E-state index is 10.7. The molecule has 0 saturated heterocycles. The summed E-state index contributed by atoms with van der Waals surface area (Å²) in [5.74, 6) is 2.75. The normalized spacial score (nSPS) is 12.4. The van der Waals surface area contributed by atoms with Crippen molar-refractivity contribution >= 4 is 28.0 Å². The Morgan fingerprint density at radius 2 is 1.48 bits per heavy atom. The van der Waals surface area contributed by atoms with Gasteiger partial charge in [0.05, 0.1) is 16.6 Å². The van der Waals surface area contributed by atoms with E-state index in [-0.39, 0.29) is 16.6 Å². The third kappa shape index (κ3) is 4.74. The van der Waals surface area contributed by atoms with Crippen LogP contribution >= 0.6 is 0 Å². The lowest BCUT2D eigenvalue weighted by atomic mass is 9.85. The van der Waals surface area contributed by atoms with E-state index in [1.165, 1.54) is 5.56 Å². The lowest BCUT2D eigenvalue weighted by Gasteiger charge is -2.20. The van der Waals surface area contributed by atoms with Crippen LogP contribution in [0.15, 0.2) is 97.2 Å². The van der Waals surface area contributed by atoms with E-state index in [0.717, 1.165) is 44.8 Å². The van der Waals surface area contributed by atoms with Gasteiger partial charge in [-0.25, -0.2) is 14.5 Å². The van der Waals surface area contributed by atoms with Crippen molar-refractivity contribution in [1.82, 2.24) is 23.9 Å². The van der Waals surface area contributed by atoms with Gasteiger partial charge in [0.2, 0.25) is 11.7 Å². The van der Waals surface area contributed by atoms with Crippen molar-refractivity contribution < 1.29 is 9.84 Å². The number of hydrogen-bond donors (Lipinski definition) is 1. The van der Waals surface area contributed by atoms with Crippen LogP contribution in [0.3, 0.4) is 0 Å². The molecule has 0 spiro atoms. The molecule has 0 bridgehead atoms. The van der Waals surface area contributed by atoms with Crippen molar-refractivity contribution in [3.05, 3.63) is 108 Å². The third-order valence-electron chi connectivity index (χ3n) is 8.09. The average Bonchev–Trinajstić information content (AvgIpc) is 3.50. The van der Waals surface area contributed by atoms with Crippen LogP contribution in [0, 0.1) is 0 Å². The van der Waals surface area contributed by atoms with Crippen LogP contribution in [-0.4, -0.2) is 29.0 Å². The molecule has 0 saturated carbocycles. The standard InChI is InChI=1S/C37H35N5O2/c1-36(2,3)24-14-17-31(43)27(21-24)23-10-9-11-26(20-23)44-33-18-16-29-34(40-33)42(32-12-7-8-19-38-32)35-39-28-15-13-25(37(4,5)6)22-30(28)41(29)35/h7-22,43H,1-6H3. The zero-order valence-corrected chi connectivity index (χ0v) is 25.8. The summed E-state index contributed by atoms with van der Waals surface area (Å²) in [6.45, 7) is 13.1. The summed E-state index contributed by atoms with van der Waals surface area (Å²) in [5, 5.41) is 10.7. The molecule has 7 heteroatoms.